The van der Waals surface area contributed by atoms with Crippen LogP contribution in [0.1, 0.15) is 228 Å². The molecule has 0 saturated carbocycles. The van der Waals surface area contributed by atoms with Gasteiger partial charge in [0.1, 0.15) is 0 Å². The number of unbranched alkanes of at least 4 members (excludes halogenated alkanes) is 16. The van der Waals surface area contributed by atoms with Crippen molar-refractivity contribution in [1.29, 1.82) is 0 Å². The number of nitrogens with zero attached hydrogens (tertiary/aromatic N) is 2. The minimum absolute atomic E-state index is 0.0239. The zero-order valence-electron chi connectivity index (χ0n) is 38.7. The fourth-order valence-corrected chi connectivity index (χ4v) is 8.58. The average molecular weight is 807 g/mol. The summed E-state index contributed by atoms with van der Waals surface area (Å²) in [4.78, 5) is 44.4. The average Bonchev–Trinajstić information content (AvgIpc) is 3.22. The van der Waals surface area contributed by atoms with Gasteiger partial charge in [0.05, 0.1) is 31.7 Å². The molecule has 0 aromatic carbocycles. The molecular formula is C49H94N2O6. The Labute approximate surface area is 353 Å². The molecule has 0 aromatic heterocycles. The van der Waals surface area contributed by atoms with Gasteiger partial charge in [-0.15, -0.1) is 0 Å². The Morgan fingerprint density at radius 3 is 1.25 bits per heavy atom. The lowest BCUT2D eigenvalue weighted by Crippen LogP contribution is -2.44. The SMILES string of the molecule is CCCCCCCCC(CCCCCC)C(=O)OCCC1(CCOC(=O)C(CCCCCC)CCCCCCCC)CCN(C(=O)OCCCN(CC)CC)CC1. The number of carbonyl (C=O) groups excluding carboxylic acids is 3. The molecule has 0 bridgehead atoms. The first-order valence-corrected chi connectivity index (χ1v) is 24.8. The smallest absolute Gasteiger partial charge is 0.409 e. The van der Waals surface area contributed by atoms with Crippen molar-refractivity contribution in [2.24, 2.45) is 17.3 Å². The number of hydrogen-bond donors (Lipinski definition) is 0. The number of rotatable bonds is 38. The Kier molecular flexibility index (Phi) is 33.6. The maximum atomic E-state index is 13.6. The molecule has 1 fully saturated rings. The van der Waals surface area contributed by atoms with E-state index in [0.717, 1.165) is 103 Å². The van der Waals surface area contributed by atoms with Crippen molar-refractivity contribution >= 4 is 18.0 Å². The minimum Gasteiger partial charge on any atom is -0.465 e. The molecule has 0 spiro atoms. The van der Waals surface area contributed by atoms with E-state index in [9.17, 15) is 14.4 Å². The van der Waals surface area contributed by atoms with Crippen molar-refractivity contribution in [3.63, 3.8) is 0 Å². The van der Waals surface area contributed by atoms with Crippen molar-refractivity contribution in [1.82, 2.24) is 9.80 Å². The van der Waals surface area contributed by atoms with Crippen molar-refractivity contribution in [3.8, 4) is 0 Å². The number of hydrogen-bond acceptors (Lipinski definition) is 7. The summed E-state index contributed by atoms with van der Waals surface area (Å²) in [6.45, 7) is 18.6. The molecule has 0 N–H and O–H groups in total. The molecule has 57 heavy (non-hydrogen) atoms. The van der Waals surface area contributed by atoms with E-state index in [4.69, 9.17) is 14.2 Å². The van der Waals surface area contributed by atoms with Crippen molar-refractivity contribution < 1.29 is 28.6 Å². The Morgan fingerprint density at radius 1 is 0.491 bits per heavy atom. The van der Waals surface area contributed by atoms with Crippen LogP contribution in [0, 0.1) is 17.3 Å². The first-order valence-electron chi connectivity index (χ1n) is 24.8. The van der Waals surface area contributed by atoms with Crippen LogP contribution in [0.5, 0.6) is 0 Å². The van der Waals surface area contributed by atoms with E-state index >= 15 is 0 Å². The summed E-state index contributed by atoms with van der Waals surface area (Å²) < 4.78 is 17.9. The van der Waals surface area contributed by atoms with Crippen LogP contribution in [0.3, 0.4) is 0 Å². The maximum absolute atomic E-state index is 13.6. The lowest BCUT2D eigenvalue weighted by Gasteiger charge is -2.41. The third kappa shape index (κ3) is 26.1. The molecule has 336 valence electrons. The molecule has 2 unspecified atom stereocenters. The summed E-state index contributed by atoms with van der Waals surface area (Å²) in [5.41, 5.74) is -0.161. The molecule has 8 nitrogen and oxygen atoms in total. The van der Waals surface area contributed by atoms with Gasteiger partial charge in [0.2, 0.25) is 0 Å². The Bertz CT molecular complexity index is 912. The predicted octanol–water partition coefficient (Wildman–Crippen LogP) is 13.5. The summed E-state index contributed by atoms with van der Waals surface area (Å²) >= 11 is 0. The van der Waals surface area contributed by atoms with Gasteiger partial charge in [0.15, 0.2) is 0 Å². The molecule has 8 heteroatoms. The molecule has 0 aromatic rings. The minimum atomic E-state index is -0.234. The van der Waals surface area contributed by atoms with E-state index < -0.39 is 0 Å². The molecule has 1 aliphatic heterocycles. The summed E-state index contributed by atoms with van der Waals surface area (Å²) in [5, 5.41) is 0. The zero-order valence-corrected chi connectivity index (χ0v) is 38.7. The van der Waals surface area contributed by atoms with Crippen LogP contribution in [-0.2, 0) is 23.8 Å². The van der Waals surface area contributed by atoms with Crippen LogP contribution in [-0.4, -0.2) is 80.4 Å². The van der Waals surface area contributed by atoms with Gasteiger partial charge in [-0.1, -0.05) is 170 Å². The predicted molar refractivity (Wildman–Crippen MR) is 239 cm³/mol. The highest BCUT2D eigenvalue weighted by Gasteiger charge is 2.37. The van der Waals surface area contributed by atoms with E-state index in [-0.39, 0.29) is 35.3 Å². The zero-order chi connectivity index (χ0) is 41.8. The van der Waals surface area contributed by atoms with Gasteiger partial charge in [-0.05, 0) is 76.3 Å². The second-order valence-electron chi connectivity index (χ2n) is 17.5. The summed E-state index contributed by atoms with van der Waals surface area (Å²) in [6, 6.07) is 0. The standard InChI is InChI=1S/C49H94N2O6/c1-7-13-17-21-23-27-32-44(30-25-19-15-9-3)46(52)55-42-36-49(34-39-51(40-35-49)48(54)57-41-29-38-50(11-5)12-6)37-43-56-47(53)45(31-26-20-16-10-4)33-28-24-22-18-14-8-2/h44-45H,7-43H2,1-6H3. The van der Waals surface area contributed by atoms with Gasteiger partial charge < -0.3 is 24.0 Å². The van der Waals surface area contributed by atoms with E-state index in [2.05, 4.69) is 46.4 Å². The first kappa shape index (κ1) is 53.2. The molecule has 1 aliphatic rings. The molecule has 1 heterocycles. The van der Waals surface area contributed by atoms with Gasteiger partial charge >= 0.3 is 18.0 Å². The van der Waals surface area contributed by atoms with Gasteiger partial charge in [-0.25, -0.2) is 4.79 Å². The van der Waals surface area contributed by atoms with E-state index in [1.54, 1.807) is 0 Å². The number of ether oxygens (including phenoxy) is 3. The van der Waals surface area contributed by atoms with Crippen molar-refractivity contribution in [2.45, 2.75) is 228 Å². The largest absolute Gasteiger partial charge is 0.465 e. The molecule has 1 saturated heterocycles. The van der Waals surface area contributed by atoms with Gasteiger partial charge in [0, 0.05) is 19.6 Å². The van der Waals surface area contributed by atoms with Crippen LogP contribution in [0.15, 0.2) is 0 Å². The second kappa shape index (κ2) is 36.1. The van der Waals surface area contributed by atoms with Crippen LogP contribution in [0.25, 0.3) is 0 Å². The monoisotopic (exact) mass is 807 g/mol. The lowest BCUT2D eigenvalue weighted by atomic mass is 9.73. The van der Waals surface area contributed by atoms with Crippen LogP contribution < -0.4 is 0 Å². The molecule has 2 atom stereocenters. The Balaban J connectivity index is 2.91. The quantitative estimate of drug-likeness (QED) is 0.0349. The third-order valence-corrected chi connectivity index (χ3v) is 12.9. The van der Waals surface area contributed by atoms with Gasteiger partial charge in [-0.3, -0.25) is 9.59 Å². The highest BCUT2D eigenvalue weighted by atomic mass is 16.6. The highest BCUT2D eigenvalue weighted by Crippen LogP contribution is 2.39. The van der Waals surface area contributed by atoms with Gasteiger partial charge in [-0.2, -0.15) is 0 Å². The molecular weight excluding hydrogens is 713 g/mol. The van der Waals surface area contributed by atoms with E-state index in [1.807, 2.05) is 4.90 Å². The number of amides is 1. The lowest BCUT2D eigenvalue weighted by molar-refractivity contribution is -0.151. The number of likely N-dealkylation sites (tertiary alicyclic amines) is 1. The topological polar surface area (TPSA) is 85.4 Å². The Morgan fingerprint density at radius 2 is 0.860 bits per heavy atom. The Hall–Kier alpha value is -1.83. The normalized spacial score (nSPS) is 15.1. The number of carbonyl (C=O) groups is 3. The van der Waals surface area contributed by atoms with E-state index in [1.165, 1.54) is 103 Å². The number of esters is 2. The molecule has 0 aliphatic carbocycles. The first-order chi connectivity index (χ1) is 27.8. The summed E-state index contributed by atoms with van der Waals surface area (Å²) in [7, 11) is 0. The molecule has 0 radical (unpaired) electrons. The van der Waals surface area contributed by atoms with Gasteiger partial charge in [0.25, 0.3) is 0 Å². The number of piperidine rings is 1. The fourth-order valence-electron chi connectivity index (χ4n) is 8.58. The van der Waals surface area contributed by atoms with Crippen LogP contribution in [0.2, 0.25) is 0 Å². The van der Waals surface area contributed by atoms with Crippen LogP contribution >= 0.6 is 0 Å². The van der Waals surface area contributed by atoms with E-state index in [0.29, 0.717) is 32.9 Å². The third-order valence-electron chi connectivity index (χ3n) is 12.9. The second-order valence-corrected chi connectivity index (χ2v) is 17.5. The van der Waals surface area contributed by atoms with Crippen molar-refractivity contribution in [2.75, 3.05) is 52.5 Å². The fraction of sp³-hybridized carbons (Fsp3) is 0.939. The summed E-state index contributed by atoms with van der Waals surface area (Å²) in [5.74, 6) is -0.116. The molecule has 1 rings (SSSR count). The summed E-state index contributed by atoms with van der Waals surface area (Å²) in [6.07, 6.45) is 31.3. The van der Waals surface area contributed by atoms with Crippen LogP contribution in [0.4, 0.5) is 4.79 Å². The maximum Gasteiger partial charge on any atom is 0.409 e. The molecule has 1 amide bonds. The van der Waals surface area contributed by atoms with Crippen molar-refractivity contribution in [3.05, 3.63) is 0 Å². The highest BCUT2D eigenvalue weighted by molar-refractivity contribution is 5.72.